The second-order valence-corrected chi connectivity index (χ2v) is 5.36. The van der Waals surface area contributed by atoms with E-state index in [9.17, 15) is 5.11 Å². The van der Waals surface area contributed by atoms with E-state index in [0.717, 1.165) is 10.0 Å². The molecule has 0 heterocycles. The molecular formula is C12H18BrNO2. The lowest BCUT2D eigenvalue weighted by atomic mass is 10.1. The van der Waals surface area contributed by atoms with Crippen LogP contribution in [0.2, 0.25) is 0 Å². The summed E-state index contributed by atoms with van der Waals surface area (Å²) >= 11 is 3.38. The molecule has 0 aliphatic heterocycles. The molecule has 0 aromatic heterocycles. The molecule has 1 aromatic rings. The van der Waals surface area contributed by atoms with Crippen LogP contribution >= 0.6 is 15.9 Å². The van der Waals surface area contributed by atoms with Crippen LogP contribution in [0.5, 0.6) is 5.75 Å². The third-order valence-electron chi connectivity index (χ3n) is 2.30. The van der Waals surface area contributed by atoms with Crippen molar-refractivity contribution in [2.45, 2.75) is 25.9 Å². The Kier molecular flexibility index (Phi) is 4.77. The maximum atomic E-state index is 9.67. The zero-order valence-corrected chi connectivity index (χ0v) is 11.5. The molecule has 0 unspecified atom stereocenters. The van der Waals surface area contributed by atoms with Crippen molar-refractivity contribution in [2.75, 3.05) is 13.7 Å². The molecule has 1 rings (SSSR count). The van der Waals surface area contributed by atoms with E-state index < -0.39 is 0 Å². The smallest absolute Gasteiger partial charge is 0.120 e. The van der Waals surface area contributed by atoms with Crippen LogP contribution < -0.4 is 5.32 Å². The van der Waals surface area contributed by atoms with Crippen molar-refractivity contribution < 1.29 is 9.84 Å². The van der Waals surface area contributed by atoms with Gasteiger partial charge in [0.1, 0.15) is 5.75 Å². The van der Waals surface area contributed by atoms with Gasteiger partial charge in [0.15, 0.2) is 0 Å². The van der Waals surface area contributed by atoms with Crippen molar-refractivity contribution >= 4 is 15.9 Å². The van der Waals surface area contributed by atoms with Crippen LogP contribution in [0, 0.1) is 0 Å². The van der Waals surface area contributed by atoms with Crippen molar-refractivity contribution in [3.05, 3.63) is 28.2 Å². The van der Waals surface area contributed by atoms with Gasteiger partial charge in [0, 0.05) is 29.2 Å². The summed E-state index contributed by atoms with van der Waals surface area (Å²) in [5, 5.41) is 13.0. The Morgan fingerprint density at radius 1 is 1.44 bits per heavy atom. The van der Waals surface area contributed by atoms with Crippen LogP contribution in [0.25, 0.3) is 0 Å². The summed E-state index contributed by atoms with van der Waals surface area (Å²) in [6, 6.07) is 5.41. The molecule has 0 atom stereocenters. The predicted octanol–water partition coefficient (Wildman–Crippen LogP) is 2.67. The second-order valence-electron chi connectivity index (χ2n) is 4.44. The monoisotopic (exact) mass is 287 g/mol. The maximum Gasteiger partial charge on any atom is 0.120 e. The van der Waals surface area contributed by atoms with Crippen LogP contribution in [-0.2, 0) is 11.3 Å². The van der Waals surface area contributed by atoms with E-state index in [1.54, 1.807) is 13.2 Å². The molecule has 0 radical (unpaired) electrons. The number of benzene rings is 1. The molecular weight excluding hydrogens is 270 g/mol. The molecule has 0 fully saturated rings. The van der Waals surface area contributed by atoms with Crippen LogP contribution in [-0.4, -0.2) is 24.4 Å². The summed E-state index contributed by atoms with van der Waals surface area (Å²) in [6.45, 7) is 5.36. The van der Waals surface area contributed by atoms with Crippen LogP contribution in [0.3, 0.4) is 0 Å². The van der Waals surface area contributed by atoms with Gasteiger partial charge in [-0.25, -0.2) is 0 Å². The first kappa shape index (κ1) is 13.5. The maximum absolute atomic E-state index is 9.67. The van der Waals surface area contributed by atoms with Gasteiger partial charge in [-0.1, -0.05) is 15.9 Å². The zero-order valence-electron chi connectivity index (χ0n) is 9.88. The Hall–Kier alpha value is -0.580. The van der Waals surface area contributed by atoms with Crippen LogP contribution in [0.1, 0.15) is 19.4 Å². The topological polar surface area (TPSA) is 41.5 Å². The first-order valence-electron chi connectivity index (χ1n) is 5.16. The number of hydrogen-bond acceptors (Lipinski definition) is 3. The number of phenols is 1. The third kappa shape index (κ3) is 4.12. The number of methoxy groups -OCH3 is 1. The standard InChI is InChI=1S/C12H18BrNO2/c1-12(2,8-16-3)14-7-9-6-10(13)4-5-11(9)15/h4-6,14-15H,7-8H2,1-3H3. The minimum Gasteiger partial charge on any atom is -0.508 e. The number of halogens is 1. The highest BCUT2D eigenvalue weighted by Crippen LogP contribution is 2.22. The lowest BCUT2D eigenvalue weighted by Crippen LogP contribution is -2.42. The molecule has 0 aliphatic rings. The highest BCUT2D eigenvalue weighted by atomic mass is 79.9. The lowest BCUT2D eigenvalue weighted by molar-refractivity contribution is 0.127. The third-order valence-corrected chi connectivity index (χ3v) is 2.80. The van der Waals surface area contributed by atoms with Gasteiger partial charge in [-0.05, 0) is 32.0 Å². The molecule has 2 N–H and O–H groups in total. The number of nitrogens with one attached hydrogen (secondary N) is 1. The van der Waals surface area contributed by atoms with Crippen LogP contribution in [0.15, 0.2) is 22.7 Å². The fourth-order valence-corrected chi connectivity index (χ4v) is 1.85. The largest absolute Gasteiger partial charge is 0.508 e. The summed E-state index contributed by atoms with van der Waals surface area (Å²) in [4.78, 5) is 0. The summed E-state index contributed by atoms with van der Waals surface area (Å²) in [7, 11) is 1.68. The molecule has 3 nitrogen and oxygen atoms in total. The highest BCUT2D eigenvalue weighted by molar-refractivity contribution is 9.10. The first-order chi connectivity index (χ1) is 7.44. The molecule has 0 saturated heterocycles. The number of rotatable bonds is 5. The van der Waals surface area contributed by atoms with Gasteiger partial charge in [-0.3, -0.25) is 0 Å². The quantitative estimate of drug-likeness (QED) is 0.875. The molecule has 0 spiro atoms. The summed E-state index contributed by atoms with van der Waals surface area (Å²) in [5.74, 6) is 0.309. The van der Waals surface area contributed by atoms with Crippen molar-refractivity contribution in [3.63, 3.8) is 0 Å². The summed E-state index contributed by atoms with van der Waals surface area (Å²) in [5.41, 5.74) is 0.766. The molecule has 0 bridgehead atoms. The number of phenolic OH excluding ortho intramolecular Hbond substituents is 1. The Balaban J connectivity index is 2.63. The van der Waals surface area contributed by atoms with E-state index in [0.29, 0.717) is 18.9 Å². The minimum atomic E-state index is -0.108. The van der Waals surface area contributed by atoms with E-state index in [-0.39, 0.29) is 5.54 Å². The number of hydrogen-bond donors (Lipinski definition) is 2. The van der Waals surface area contributed by atoms with E-state index in [2.05, 4.69) is 35.1 Å². The van der Waals surface area contributed by atoms with E-state index in [4.69, 9.17) is 4.74 Å². The summed E-state index contributed by atoms with van der Waals surface area (Å²) in [6.07, 6.45) is 0. The Morgan fingerprint density at radius 3 is 2.75 bits per heavy atom. The fourth-order valence-electron chi connectivity index (χ4n) is 1.44. The zero-order chi connectivity index (χ0) is 12.2. The van der Waals surface area contributed by atoms with Gasteiger partial charge in [0.2, 0.25) is 0 Å². The fraction of sp³-hybridized carbons (Fsp3) is 0.500. The Bertz CT molecular complexity index is 353. The molecule has 0 aliphatic carbocycles. The van der Waals surface area contributed by atoms with Gasteiger partial charge in [0.25, 0.3) is 0 Å². The van der Waals surface area contributed by atoms with E-state index in [1.807, 2.05) is 12.1 Å². The molecule has 0 saturated carbocycles. The Morgan fingerprint density at radius 2 is 2.12 bits per heavy atom. The molecule has 90 valence electrons. The average Bonchev–Trinajstić information content (AvgIpc) is 2.19. The Labute approximate surface area is 105 Å². The molecule has 0 amide bonds. The van der Waals surface area contributed by atoms with Crippen molar-refractivity contribution in [1.29, 1.82) is 0 Å². The van der Waals surface area contributed by atoms with Gasteiger partial charge in [-0.2, -0.15) is 0 Å². The highest BCUT2D eigenvalue weighted by Gasteiger charge is 2.16. The van der Waals surface area contributed by atoms with Gasteiger partial charge in [0.05, 0.1) is 6.61 Å². The second kappa shape index (κ2) is 5.66. The van der Waals surface area contributed by atoms with Crippen LogP contribution in [0.4, 0.5) is 0 Å². The average molecular weight is 288 g/mol. The minimum absolute atomic E-state index is 0.108. The number of aromatic hydroxyl groups is 1. The molecule has 16 heavy (non-hydrogen) atoms. The van der Waals surface area contributed by atoms with Gasteiger partial charge >= 0.3 is 0 Å². The van der Waals surface area contributed by atoms with Crippen molar-refractivity contribution in [3.8, 4) is 5.75 Å². The van der Waals surface area contributed by atoms with Crippen molar-refractivity contribution in [2.24, 2.45) is 0 Å². The molecule has 1 aromatic carbocycles. The van der Waals surface area contributed by atoms with E-state index in [1.165, 1.54) is 0 Å². The summed E-state index contributed by atoms with van der Waals surface area (Å²) < 4.78 is 6.08. The van der Waals surface area contributed by atoms with Crippen molar-refractivity contribution in [1.82, 2.24) is 5.32 Å². The molecule has 4 heteroatoms. The van der Waals surface area contributed by atoms with Gasteiger partial charge < -0.3 is 15.2 Å². The lowest BCUT2D eigenvalue weighted by Gasteiger charge is -2.25. The number of ether oxygens (including phenoxy) is 1. The SMILES string of the molecule is COCC(C)(C)NCc1cc(Br)ccc1O. The van der Waals surface area contributed by atoms with Gasteiger partial charge in [-0.15, -0.1) is 0 Å². The normalized spacial score (nSPS) is 11.8. The van der Waals surface area contributed by atoms with E-state index >= 15 is 0 Å². The first-order valence-corrected chi connectivity index (χ1v) is 5.95. The predicted molar refractivity (Wildman–Crippen MR) is 68.6 cm³/mol.